The van der Waals surface area contributed by atoms with E-state index in [1.165, 1.54) is 6.92 Å². The summed E-state index contributed by atoms with van der Waals surface area (Å²) in [6.07, 6.45) is 1.75. The van der Waals surface area contributed by atoms with Gasteiger partial charge >= 0.3 is 0 Å². The number of likely N-dealkylation sites (N-methyl/N-ethyl adjacent to an activating group) is 1. The lowest BCUT2D eigenvalue weighted by atomic mass is 10.2. The van der Waals surface area contributed by atoms with E-state index in [-0.39, 0.29) is 11.5 Å². The minimum atomic E-state index is -0.133. The zero-order chi connectivity index (χ0) is 18.8. The first-order valence-electron chi connectivity index (χ1n) is 9.03. The first-order valence-corrected chi connectivity index (χ1v) is 9.03. The van der Waals surface area contributed by atoms with Gasteiger partial charge in [0.1, 0.15) is 6.61 Å². The number of ketones is 1. The Labute approximate surface area is 156 Å². The van der Waals surface area contributed by atoms with Gasteiger partial charge in [-0.15, -0.1) is 0 Å². The van der Waals surface area contributed by atoms with Gasteiger partial charge in [0.25, 0.3) is 0 Å². The second kappa shape index (κ2) is 10.4. The van der Waals surface area contributed by atoms with Gasteiger partial charge in [-0.1, -0.05) is 56.3 Å². The standard InChI is InChI=1S/C22H27NO3/c1-4-23(5-2)15-16-25-20-13-9-10-14-21(20)26-22(18(3)24)17-19-11-7-6-8-12-19/h6-14,17H,4-5,15-16H2,1-3H3/b22-17-. The maximum atomic E-state index is 12.0. The number of allylic oxidation sites excluding steroid dienone is 1. The molecule has 0 spiro atoms. The minimum Gasteiger partial charge on any atom is -0.488 e. The van der Waals surface area contributed by atoms with Crippen LogP contribution >= 0.6 is 0 Å². The lowest BCUT2D eigenvalue weighted by Crippen LogP contribution is -2.27. The van der Waals surface area contributed by atoms with Gasteiger partial charge in [0.15, 0.2) is 23.0 Å². The Morgan fingerprint density at radius 1 is 0.962 bits per heavy atom. The van der Waals surface area contributed by atoms with Crippen LogP contribution in [0.2, 0.25) is 0 Å². The number of carbonyl (C=O) groups excluding carboxylic acids is 1. The molecular weight excluding hydrogens is 326 g/mol. The van der Waals surface area contributed by atoms with Crippen molar-refractivity contribution < 1.29 is 14.3 Å². The van der Waals surface area contributed by atoms with E-state index in [0.717, 1.165) is 25.2 Å². The molecule has 0 saturated heterocycles. The van der Waals surface area contributed by atoms with Gasteiger partial charge in [0.05, 0.1) is 0 Å². The highest BCUT2D eigenvalue weighted by Gasteiger charge is 2.12. The Hall–Kier alpha value is -2.59. The molecule has 0 aliphatic heterocycles. The predicted molar refractivity (Wildman–Crippen MR) is 105 cm³/mol. The quantitative estimate of drug-likeness (QED) is 0.468. The normalized spacial score (nSPS) is 11.5. The van der Waals surface area contributed by atoms with E-state index in [1.807, 2.05) is 54.6 Å². The van der Waals surface area contributed by atoms with Gasteiger partial charge in [-0.25, -0.2) is 0 Å². The Morgan fingerprint density at radius 3 is 2.19 bits per heavy atom. The largest absolute Gasteiger partial charge is 0.488 e. The van der Waals surface area contributed by atoms with Gasteiger partial charge in [-0.3, -0.25) is 4.79 Å². The third-order valence-corrected chi connectivity index (χ3v) is 4.07. The molecular formula is C22H27NO3. The van der Waals surface area contributed by atoms with Crippen LogP contribution in [0.4, 0.5) is 0 Å². The van der Waals surface area contributed by atoms with Crippen LogP contribution in [-0.4, -0.2) is 36.9 Å². The molecule has 0 bridgehead atoms. The maximum absolute atomic E-state index is 12.0. The van der Waals surface area contributed by atoms with Crippen LogP contribution < -0.4 is 9.47 Å². The zero-order valence-electron chi connectivity index (χ0n) is 15.8. The molecule has 4 heteroatoms. The van der Waals surface area contributed by atoms with Crippen LogP contribution in [0.1, 0.15) is 26.3 Å². The van der Waals surface area contributed by atoms with Gasteiger partial charge in [0.2, 0.25) is 0 Å². The molecule has 0 atom stereocenters. The van der Waals surface area contributed by atoms with E-state index in [1.54, 1.807) is 6.08 Å². The summed E-state index contributed by atoms with van der Waals surface area (Å²) < 4.78 is 11.8. The highest BCUT2D eigenvalue weighted by atomic mass is 16.5. The number of ether oxygens (including phenoxy) is 2. The average molecular weight is 353 g/mol. The molecule has 0 radical (unpaired) electrons. The molecule has 0 N–H and O–H groups in total. The smallest absolute Gasteiger partial charge is 0.194 e. The number of hydrogen-bond acceptors (Lipinski definition) is 4. The van der Waals surface area contributed by atoms with Crippen molar-refractivity contribution in [3.05, 3.63) is 65.9 Å². The first kappa shape index (κ1) is 19.7. The number of rotatable bonds is 10. The van der Waals surface area contributed by atoms with Gasteiger partial charge in [-0.05, 0) is 36.9 Å². The van der Waals surface area contributed by atoms with Crippen molar-refractivity contribution in [2.75, 3.05) is 26.2 Å². The number of para-hydroxylation sites is 2. The second-order valence-electron chi connectivity index (χ2n) is 5.90. The van der Waals surface area contributed by atoms with E-state index >= 15 is 0 Å². The summed E-state index contributed by atoms with van der Waals surface area (Å²) in [5, 5.41) is 0. The van der Waals surface area contributed by atoms with Crippen molar-refractivity contribution in [3.63, 3.8) is 0 Å². The molecule has 0 aliphatic carbocycles. The third kappa shape index (κ3) is 6.05. The molecule has 138 valence electrons. The molecule has 26 heavy (non-hydrogen) atoms. The number of carbonyl (C=O) groups is 1. The molecule has 0 fully saturated rings. The summed E-state index contributed by atoms with van der Waals surface area (Å²) in [6.45, 7) is 9.17. The maximum Gasteiger partial charge on any atom is 0.194 e. The lowest BCUT2D eigenvalue weighted by molar-refractivity contribution is -0.115. The van der Waals surface area contributed by atoms with Crippen molar-refractivity contribution in [1.82, 2.24) is 4.90 Å². The van der Waals surface area contributed by atoms with Crippen molar-refractivity contribution >= 4 is 11.9 Å². The molecule has 0 aliphatic rings. The summed E-state index contributed by atoms with van der Waals surface area (Å²) in [4.78, 5) is 14.3. The Bertz CT molecular complexity index is 721. The van der Waals surface area contributed by atoms with Crippen LogP contribution in [-0.2, 0) is 4.79 Å². The second-order valence-corrected chi connectivity index (χ2v) is 5.90. The van der Waals surface area contributed by atoms with E-state index < -0.39 is 0 Å². The average Bonchev–Trinajstić information content (AvgIpc) is 2.66. The third-order valence-electron chi connectivity index (χ3n) is 4.07. The first-order chi connectivity index (χ1) is 12.6. The van der Waals surface area contributed by atoms with E-state index in [4.69, 9.17) is 9.47 Å². The zero-order valence-corrected chi connectivity index (χ0v) is 15.8. The number of hydrogen-bond donors (Lipinski definition) is 0. The monoisotopic (exact) mass is 353 g/mol. The summed E-state index contributed by atoms with van der Waals surface area (Å²) in [7, 11) is 0. The van der Waals surface area contributed by atoms with Crippen molar-refractivity contribution in [2.45, 2.75) is 20.8 Å². The minimum absolute atomic E-state index is 0.133. The Balaban J connectivity index is 2.12. The molecule has 0 saturated carbocycles. The number of nitrogens with zero attached hydrogens (tertiary/aromatic N) is 1. The van der Waals surface area contributed by atoms with Crippen molar-refractivity contribution in [3.8, 4) is 11.5 Å². The van der Waals surface area contributed by atoms with Gasteiger partial charge in [-0.2, -0.15) is 0 Å². The number of benzene rings is 2. The molecule has 0 heterocycles. The highest BCUT2D eigenvalue weighted by molar-refractivity contribution is 5.96. The number of Topliss-reactive ketones (excluding diaryl/α,β-unsaturated/α-hetero) is 1. The molecule has 0 aromatic heterocycles. The predicted octanol–water partition coefficient (Wildman–Crippen LogP) is 4.42. The lowest BCUT2D eigenvalue weighted by Gasteiger charge is -2.19. The summed E-state index contributed by atoms with van der Waals surface area (Å²) in [5.74, 6) is 1.34. The summed E-state index contributed by atoms with van der Waals surface area (Å²) >= 11 is 0. The van der Waals surface area contributed by atoms with Crippen molar-refractivity contribution in [2.24, 2.45) is 0 Å². The van der Waals surface area contributed by atoms with Crippen LogP contribution in [0, 0.1) is 0 Å². The van der Waals surface area contributed by atoms with Crippen LogP contribution in [0.3, 0.4) is 0 Å². The fraction of sp³-hybridized carbons (Fsp3) is 0.318. The SMILES string of the molecule is CCN(CC)CCOc1ccccc1O/C(=C\c1ccccc1)C(C)=O. The fourth-order valence-electron chi connectivity index (χ4n) is 2.50. The van der Waals surface area contributed by atoms with E-state index in [9.17, 15) is 4.79 Å². The van der Waals surface area contributed by atoms with Crippen LogP contribution in [0.15, 0.2) is 60.4 Å². The Kier molecular flexibility index (Phi) is 7.90. The van der Waals surface area contributed by atoms with Crippen LogP contribution in [0.5, 0.6) is 11.5 Å². The highest BCUT2D eigenvalue weighted by Crippen LogP contribution is 2.29. The molecule has 2 rings (SSSR count). The van der Waals surface area contributed by atoms with Gasteiger partial charge in [0, 0.05) is 13.5 Å². The van der Waals surface area contributed by atoms with Crippen LogP contribution in [0.25, 0.3) is 6.08 Å². The van der Waals surface area contributed by atoms with Crippen molar-refractivity contribution in [1.29, 1.82) is 0 Å². The van der Waals surface area contributed by atoms with E-state index in [2.05, 4.69) is 18.7 Å². The molecule has 0 unspecified atom stereocenters. The summed E-state index contributed by atoms with van der Waals surface area (Å²) in [5.41, 5.74) is 0.914. The topological polar surface area (TPSA) is 38.8 Å². The molecule has 2 aromatic carbocycles. The fourth-order valence-corrected chi connectivity index (χ4v) is 2.50. The summed E-state index contributed by atoms with van der Waals surface area (Å²) in [6, 6.07) is 17.1. The molecule has 0 amide bonds. The van der Waals surface area contributed by atoms with E-state index in [0.29, 0.717) is 18.1 Å². The van der Waals surface area contributed by atoms with Gasteiger partial charge < -0.3 is 14.4 Å². The Morgan fingerprint density at radius 2 is 1.58 bits per heavy atom. The molecule has 2 aromatic rings. The molecule has 4 nitrogen and oxygen atoms in total.